The summed E-state index contributed by atoms with van der Waals surface area (Å²) in [4.78, 5) is 35.1. The number of hydrogen-bond donors (Lipinski definition) is 2. The third-order valence-corrected chi connectivity index (χ3v) is 3.01. The Bertz CT molecular complexity index is 453. The van der Waals surface area contributed by atoms with Crippen LogP contribution in [0.4, 0.5) is 0 Å². The highest BCUT2D eigenvalue weighted by atomic mass is 32.1. The first-order valence-electron chi connectivity index (χ1n) is 4.73. The second-order valence-electron chi connectivity index (χ2n) is 3.44. The van der Waals surface area contributed by atoms with E-state index in [1.54, 1.807) is 14.1 Å². The minimum Gasteiger partial charge on any atom is -0.477 e. The van der Waals surface area contributed by atoms with Crippen molar-refractivity contribution in [2.45, 2.75) is 0 Å². The Morgan fingerprint density at radius 2 is 1.88 bits per heavy atom. The van der Waals surface area contributed by atoms with E-state index >= 15 is 0 Å². The maximum atomic E-state index is 11.5. The summed E-state index contributed by atoms with van der Waals surface area (Å²) in [6, 6.07) is 2.78. The number of likely N-dealkylation sites (N-methyl/N-ethyl adjacent to an activating group) is 1. The standard InChI is InChI=1S/C10H12N2O4S/c1-12(2)8(13)5-11-9(14)6-3-4-7(17-6)10(15)16/h3-4H,5H2,1-2H3,(H,11,14)(H,15,16). The van der Waals surface area contributed by atoms with E-state index in [-0.39, 0.29) is 22.2 Å². The molecular weight excluding hydrogens is 244 g/mol. The summed E-state index contributed by atoms with van der Waals surface area (Å²) in [6.45, 7) is -0.105. The number of thiophene rings is 1. The van der Waals surface area contributed by atoms with Crippen LogP contribution in [0.3, 0.4) is 0 Å². The molecule has 0 saturated heterocycles. The lowest BCUT2D eigenvalue weighted by Crippen LogP contribution is -2.35. The minimum absolute atomic E-state index is 0.0917. The molecule has 0 bridgehead atoms. The fraction of sp³-hybridized carbons (Fsp3) is 0.300. The fourth-order valence-electron chi connectivity index (χ4n) is 0.976. The largest absolute Gasteiger partial charge is 0.477 e. The van der Waals surface area contributed by atoms with Gasteiger partial charge in [-0.1, -0.05) is 0 Å². The minimum atomic E-state index is -1.07. The quantitative estimate of drug-likeness (QED) is 0.809. The molecule has 7 heteroatoms. The Hall–Kier alpha value is -1.89. The lowest BCUT2D eigenvalue weighted by Gasteiger charge is -2.10. The third kappa shape index (κ3) is 3.56. The number of hydrogen-bond acceptors (Lipinski definition) is 4. The van der Waals surface area contributed by atoms with E-state index in [9.17, 15) is 14.4 Å². The van der Waals surface area contributed by atoms with Gasteiger partial charge in [0.25, 0.3) is 5.91 Å². The van der Waals surface area contributed by atoms with Crippen LogP contribution in [0.1, 0.15) is 19.3 Å². The number of carbonyl (C=O) groups excluding carboxylic acids is 2. The van der Waals surface area contributed by atoms with Crippen molar-refractivity contribution in [2.24, 2.45) is 0 Å². The Kier molecular flexibility index (Phi) is 4.22. The van der Waals surface area contributed by atoms with Crippen molar-refractivity contribution in [1.29, 1.82) is 0 Å². The maximum absolute atomic E-state index is 11.5. The lowest BCUT2D eigenvalue weighted by atomic mass is 10.4. The number of rotatable bonds is 4. The van der Waals surface area contributed by atoms with Gasteiger partial charge in [0.2, 0.25) is 5.91 Å². The van der Waals surface area contributed by atoms with Crippen LogP contribution in [-0.2, 0) is 4.79 Å². The van der Waals surface area contributed by atoms with Gasteiger partial charge in [0.05, 0.1) is 11.4 Å². The number of carbonyl (C=O) groups is 3. The van der Waals surface area contributed by atoms with Gasteiger partial charge in [-0.25, -0.2) is 4.79 Å². The molecule has 0 saturated carbocycles. The van der Waals surface area contributed by atoms with Crippen LogP contribution >= 0.6 is 11.3 Å². The predicted octanol–water partition coefficient (Wildman–Crippen LogP) is 0.264. The van der Waals surface area contributed by atoms with Crippen molar-refractivity contribution < 1.29 is 19.5 Å². The predicted molar refractivity (Wildman–Crippen MR) is 62.3 cm³/mol. The van der Waals surface area contributed by atoms with Gasteiger partial charge in [0.15, 0.2) is 0 Å². The van der Waals surface area contributed by atoms with Crippen LogP contribution in [-0.4, -0.2) is 48.4 Å². The van der Waals surface area contributed by atoms with E-state index in [4.69, 9.17) is 5.11 Å². The van der Waals surface area contributed by atoms with E-state index in [1.165, 1.54) is 17.0 Å². The molecule has 0 spiro atoms. The molecule has 1 aromatic heterocycles. The fourth-order valence-corrected chi connectivity index (χ4v) is 1.74. The summed E-state index contributed by atoms with van der Waals surface area (Å²) in [5.41, 5.74) is 0. The average Bonchev–Trinajstić information content (AvgIpc) is 2.74. The molecule has 2 N–H and O–H groups in total. The molecule has 1 rings (SSSR count). The van der Waals surface area contributed by atoms with E-state index in [1.807, 2.05) is 0 Å². The SMILES string of the molecule is CN(C)C(=O)CNC(=O)c1ccc(C(=O)O)s1. The van der Waals surface area contributed by atoms with Crippen molar-refractivity contribution in [1.82, 2.24) is 10.2 Å². The molecule has 0 fully saturated rings. The first kappa shape index (κ1) is 13.2. The zero-order valence-corrected chi connectivity index (χ0v) is 10.2. The van der Waals surface area contributed by atoms with Crippen molar-refractivity contribution in [3.63, 3.8) is 0 Å². The van der Waals surface area contributed by atoms with Gasteiger partial charge in [-0.3, -0.25) is 9.59 Å². The molecule has 0 radical (unpaired) electrons. The van der Waals surface area contributed by atoms with Gasteiger partial charge in [0.1, 0.15) is 4.88 Å². The molecule has 1 aromatic rings. The molecule has 92 valence electrons. The molecule has 0 aromatic carbocycles. The van der Waals surface area contributed by atoms with Gasteiger partial charge in [0, 0.05) is 14.1 Å². The molecule has 2 amide bonds. The number of nitrogens with one attached hydrogen (secondary N) is 1. The second-order valence-corrected chi connectivity index (χ2v) is 4.52. The Labute approximate surface area is 102 Å². The molecule has 0 unspecified atom stereocenters. The van der Waals surface area contributed by atoms with Crippen molar-refractivity contribution in [3.05, 3.63) is 21.9 Å². The van der Waals surface area contributed by atoms with Crippen LogP contribution in [0, 0.1) is 0 Å². The van der Waals surface area contributed by atoms with Crippen LogP contribution < -0.4 is 5.32 Å². The summed E-state index contributed by atoms with van der Waals surface area (Å²) in [7, 11) is 3.17. The molecule has 0 aliphatic heterocycles. The van der Waals surface area contributed by atoms with E-state index in [2.05, 4.69) is 5.32 Å². The van der Waals surface area contributed by atoms with E-state index in [0.717, 1.165) is 11.3 Å². The maximum Gasteiger partial charge on any atom is 0.345 e. The molecule has 0 aliphatic rings. The van der Waals surface area contributed by atoms with Gasteiger partial charge in [-0.2, -0.15) is 0 Å². The summed E-state index contributed by atoms with van der Waals surface area (Å²) < 4.78 is 0. The zero-order chi connectivity index (χ0) is 13.0. The highest BCUT2D eigenvalue weighted by Crippen LogP contribution is 2.15. The highest BCUT2D eigenvalue weighted by molar-refractivity contribution is 7.15. The monoisotopic (exact) mass is 256 g/mol. The summed E-state index contributed by atoms with van der Waals surface area (Å²) in [5.74, 6) is -1.75. The van der Waals surface area contributed by atoms with Crippen LogP contribution in [0.25, 0.3) is 0 Å². The van der Waals surface area contributed by atoms with E-state index < -0.39 is 11.9 Å². The van der Waals surface area contributed by atoms with Gasteiger partial charge in [-0.05, 0) is 12.1 Å². The molecule has 6 nitrogen and oxygen atoms in total. The van der Waals surface area contributed by atoms with E-state index in [0.29, 0.717) is 0 Å². The number of carboxylic acids is 1. The van der Waals surface area contributed by atoms with Gasteiger partial charge >= 0.3 is 5.97 Å². The molecule has 17 heavy (non-hydrogen) atoms. The number of nitrogens with zero attached hydrogens (tertiary/aromatic N) is 1. The normalized spacial score (nSPS) is 9.76. The summed E-state index contributed by atoms with van der Waals surface area (Å²) in [6.07, 6.45) is 0. The first-order valence-corrected chi connectivity index (χ1v) is 5.55. The van der Waals surface area contributed by atoms with Crippen LogP contribution in [0.5, 0.6) is 0 Å². The van der Waals surface area contributed by atoms with Gasteiger partial charge in [-0.15, -0.1) is 11.3 Å². The Morgan fingerprint density at radius 1 is 1.29 bits per heavy atom. The molecule has 0 aliphatic carbocycles. The zero-order valence-electron chi connectivity index (χ0n) is 9.39. The smallest absolute Gasteiger partial charge is 0.345 e. The number of aromatic carboxylic acids is 1. The van der Waals surface area contributed by atoms with Crippen LogP contribution in [0.2, 0.25) is 0 Å². The molecule has 0 atom stereocenters. The summed E-state index contributed by atoms with van der Waals surface area (Å²) >= 11 is 0.873. The second kappa shape index (κ2) is 5.44. The third-order valence-electron chi connectivity index (χ3n) is 1.94. The van der Waals surface area contributed by atoms with Crippen LogP contribution in [0.15, 0.2) is 12.1 Å². The van der Waals surface area contributed by atoms with Crippen molar-refractivity contribution >= 4 is 29.1 Å². The number of carboxylic acid groups (broad SMARTS) is 1. The summed E-state index contributed by atoms with van der Waals surface area (Å²) in [5, 5.41) is 11.1. The van der Waals surface area contributed by atoms with Crippen molar-refractivity contribution in [2.75, 3.05) is 20.6 Å². The Morgan fingerprint density at radius 3 is 2.35 bits per heavy atom. The first-order chi connectivity index (χ1) is 7.91. The Balaban J connectivity index is 2.58. The average molecular weight is 256 g/mol. The highest BCUT2D eigenvalue weighted by Gasteiger charge is 2.13. The van der Waals surface area contributed by atoms with Crippen molar-refractivity contribution in [3.8, 4) is 0 Å². The molecule has 1 heterocycles. The number of amides is 2. The van der Waals surface area contributed by atoms with Gasteiger partial charge < -0.3 is 15.3 Å². The lowest BCUT2D eigenvalue weighted by molar-refractivity contribution is -0.127. The molecular formula is C10H12N2O4S. The topological polar surface area (TPSA) is 86.7 Å².